The monoisotopic (exact) mass is 336 g/mol. The Bertz CT molecular complexity index is 605. The molecule has 2 aromatic rings. The molecule has 0 heterocycles. The Morgan fingerprint density at radius 2 is 1.64 bits per heavy atom. The third-order valence-corrected chi connectivity index (χ3v) is 4.75. The summed E-state index contributed by atoms with van der Waals surface area (Å²) in [7, 11) is 0. The van der Waals surface area contributed by atoms with Crippen LogP contribution in [-0.2, 0) is 11.2 Å². The highest BCUT2D eigenvalue weighted by Gasteiger charge is 2.28. The second-order valence-electron chi connectivity index (χ2n) is 7.11. The van der Waals surface area contributed by atoms with E-state index in [1.165, 1.54) is 30.4 Å². The average molecular weight is 337 g/mol. The molecule has 1 heteroatoms. The second-order valence-corrected chi connectivity index (χ2v) is 7.11. The molecule has 0 aliphatic carbocycles. The van der Waals surface area contributed by atoms with E-state index >= 15 is 0 Å². The van der Waals surface area contributed by atoms with E-state index in [2.05, 4.69) is 81.1 Å². The van der Waals surface area contributed by atoms with Crippen LogP contribution in [-0.4, -0.2) is 5.60 Å². The van der Waals surface area contributed by atoms with Crippen molar-refractivity contribution in [2.45, 2.75) is 64.1 Å². The molecule has 0 radical (unpaired) electrons. The van der Waals surface area contributed by atoms with Crippen molar-refractivity contribution in [3.05, 3.63) is 84.4 Å². The van der Waals surface area contributed by atoms with E-state index in [4.69, 9.17) is 4.74 Å². The lowest BCUT2D eigenvalue weighted by molar-refractivity contribution is -0.0889. The molecule has 0 aliphatic rings. The van der Waals surface area contributed by atoms with E-state index in [0.29, 0.717) is 0 Å². The predicted octanol–water partition coefficient (Wildman–Crippen LogP) is 6.90. The molecule has 0 unspecified atom stereocenters. The summed E-state index contributed by atoms with van der Waals surface area (Å²) >= 11 is 0. The molecule has 0 spiro atoms. The molecule has 2 atom stereocenters. The van der Waals surface area contributed by atoms with Crippen LogP contribution in [0.1, 0.15) is 63.2 Å². The van der Waals surface area contributed by atoms with Crippen molar-refractivity contribution in [1.29, 1.82) is 0 Å². The minimum atomic E-state index is -0.161. The van der Waals surface area contributed by atoms with Gasteiger partial charge in [-0.25, -0.2) is 0 Å². The first-order chi connectivity index (χ1) is 12.2. The van der Waals surface area contributed by atoms with Crippen LogP contribution < -0.4 is 0 Å². The van der Waals surface area contributed by atoms with Crippen molar-refractivity contribution in [3.63, 3.8) is 0 Å². The van der Waals surface area contributed by atoms with E-state index in [1.807, 2.05) is 6.08 Å². The summed E-state index contributed by atoms with van der Waals surface area (Å²) in [5.74, 6) is 0. The first-order valence-electron chi connectivity index (χ1n) is 9.54. The quantitative estimate of drug-likeness (QED) is 0.320. The maximum Gasteiger partial charge on any atom is 0.0872 e. The molecule has 0 bridgehead atoms. The molecule has 0 aliphatic heterocycles. The fourth-order valence-electron chi connectivity index (χ4n) is 3.33. The molecule has 0 saturated heterocycles. The van der Waals surface area contributed by atoms with E-state index in [-0.39, 0.29) is 11.7 Å². The highest BCUT2D eigenvalue weighted by Crippen LogP contribution is 2.33. The number of rotatable bonds is 11. The van der Waals surface area contributed by atoms with Gasteiger partial charge in [0.2, 0.25) is 0 Å². The summed E-state index contributed by atoms with van der Waals surface area (Å²) in [5, 5.41) is 0. The summed E-state index contributed by atoms with van der Waals surface area (Å²) in [6.07, 6.45) is 8.60. The summed E-state index contributed by atoms with van der Waals surface area (Å²) in [6.45, 7) is 8.44. The van der Waals surface area contributed by atoms with Crippen molar-refractivity contribution in [3.8, 4) is 0 Å². The molecule has 0 aromatic heterocycles. The fraction of sp³-hybridized carbons (Fsp3) is 0.417. The standard InChI is InChI=1S/C24H32O/c1-4-6-13-19-24(3,18-5-2)25-23(22-16-11-8-12-17-22)20-21-14-9-7-10-15-21/h5,7-12,14-17,23H,2,4,6,13,18-20H2,1,3H3/t23-,24+/m1/s1. The van der Waals surface area contributed by atoms with Crippen LogP contribution in [0.2, 0.25) is 0 Å². The van der Waals surface area contributed by atoms with Gasteiger partial charge in [0.25, 0.3) is 0 Å². The lowest BCUT2D eigenvalue weighted by atomic mass is 9.92. The molecule has 0 saturated carbocycles. The maximum absolute atomic E-state index is 6.74. The molecule has 2 rings (SSSR count). The van der Waals surface area contributed by atoms with Gasteiger partial charge in [-0.1, -0.05) is 92.9 Å². The molecule has 1 nitrogen and oxygen atoms in total. The number of unbranched alkanes of at least 4 members (excludes halogenated alkanes) is 2. The van der Waals surface area contributed by atoms with Crippen LogP contribution in [0.25, 0.3) is 0 Å². The molecule has 0 amide bonds. The van der Waals surface area contributed by atoms with Crippen LogP contribution in [0, 0.1) is 0 Å². The third-order valence-electron chi connectivity index (χ3n) is 4.75. The number of hydrogen-bond acceptors (Lipinski definition) is 1. The van der Waals surface area contributed by atoms with Gasteiger partial charge >= 0.3 is 0 Å². The molecule has 134 valence electrons. The number of benzene rings is 2. The third kappa shape index (κ3) is 6.51. The smallest absolute Gasteiger partial charge is 0.0872 e. The van der Waals surface area contributed by atoms with Gasteiger partial charge in [0, 0.05) is 6.42 Å². The van der Waals surface area contributed by atoms with Crippen molar-refractivity contribution in [2.24, 2.45) is 0 Å². The summed E-state index contributed by atoms with van der Waals surface area (Å²) < 4.78 is 6.74. The molecule has 0 N–H and O–H groups in total. The second kappa shape index (κ2) is 10.2. The zero-order valence-corrected chi connectivity index (χ0v) is 15.8. The van der Waals surface area contributed by atoms with Gasteiger partial charge in [-0.3, -0.25) is 0 Å². The van der Waals surface area contributed by atoms with Crippen LogP contribution in [0.3, 0.4) is 0 Å². The van der Waals surface area contributed by atoms with E-state index in [0.717, 1.165) is 19.3 Å². The Morgan fingerprint density at radius 3 is 2.24 bits per heavy atom. The van der Waals surface area contributed by atoms with Gasteiger partial charge in [0.15, 0.2) is 0 Å². The van der Waals surface area contributed by atoms with Crippen molar-refractivity contribution in [2.75, 3.05) is 0 Å². The number of ether oxygens (including phenoxy) is 1. The highest BCUT2D eigenvalue weighted by atomic mass is 16.5. The Morgan fingerprint density at radius 1 is 1.00 bits per heavy atom. The summed E-state index contributed by atoms with van der Waals surface area (Å²) in [6, 6.07) is 21.2. The zero-order valence-electron chi connectivity index (χ0n) is 15.8. The number of hydrogen-bond donors (Lipinski definition) is 0. The SMILES string of the molecule is C=CC[C@@](C)(CCCCC)O[C@H](Cc1ccccc1)c1ccccc1. The molecular formula is C24H32O. The molecular weight excluding hydrogens is 304 g/mol. The Kier molecular flexibility index (Phi) is 7.94. The van der Waals surface area contributed by atoms with E-state index in [9.17, 15) is 0 Å². The Labute approximate surface area is 153 Å². The van der Waals surface area contributed by atoms with Crippen LogP contribution in [0.15, 0.2) is 73.3 Å². The Balaban J connectivity index is 2.19. The fourth-order valence-corrected chi connectivity index (χ4v) is 3.33. The first-order valence-corrected chi connectivity index (χ1v) is 9.54. The van der Waals surface area contributed by atoms with E-state index < -0.39 is 0 Å². The van der Waals surface area contributed by atoms with Gasteiger partial charge < -0.3 is 4.74 Å². The van der Waals surface area contributed by atoms with Gasteiger partial charge in [-0.05, 0) is 30.9 Å². The van der Waals surface area contributed by atoms with Gasteiger partial charge in [-0.15, -0.1) is 6.58 Å². The van der Waals surface area contributed by atoms with Crippen molar-refractivity contribution < 1.29 is 4.74 Å². The zero-order chi connectivity index (χ0) is 18.0. The summed E-state index contributed by atoms with van der Waals surface area (Å²) in [5.41, 5.74) is 2.40. The van der Waals surface area contributed by atoms with Crippen LogP contribution >= 0.6 is 0 Å². The lowest BCUT2D eigenvalue weighted by Gasteiger charge is -2.34. The van der Waals surface area contributed by atoms with Crippen molar-refractivity contribution in [1.82, 2.24) is 0 Å². The molecule has 0 fully saturated rings. The van der Waals surface area contributed by atoms with Crippen LogP contribution in [0.4, 0.5) is 0 Å². The normalized spacial score (nSPS) is 14.6. The van der Waals surface area contributed by atoms with Crippen LogP contribution in [0.5, 0.6) is 0 Å². The van der Waals surface area contributed by atoms with Gasteiger partial charge in [-0.2, -0.15) is 0 Å². The summed E-state index contributed by atoms with van der Waals surface area (Å²) in [4.78, 5) is 0. The average Bonchev–Trinajstić information content (AvgIpc) is 2.63. The van der Waals surface area contributed by atoms with E-state index in [1.54, 1.807) is 0 Å². The van der Waals surface area contributed by atoms with Crippen molar-refractivity contribution >= 4 is 0 Å². The van der Waals surface area contributed by atoms with Gasteiger partial charge in [0.05, 0.1) is 11.7 Å². The minimum Gasteiger partial charge on any atom is -0.367 e. The molecule has 2 aromatic carbocycles. The maximum atomic E-state index is 6.74. The van der Waals surface area contributed by atoms with Gasteiger partial charge in [0.1, 0.15) is 0 Å². The highest BCUT2D eigenvalue weighted by molar-refractivity contribution is 5.23. The topological polar surface area (TPSA) is 9.23 Å². The molecule has 25 heavy (non-hydrogen) atoms. The largest absolute Gasteiger partial charge is 0.367 e. The minimum absolute atomic E-state index is 0.0650. The predicted molar refractivity (Wildman–Crippen MR) is 108 cm³/mol. The first kappa shape index (κ1) is 19.5. The Hall–Kier alpha value is -1.86. The lowest BCUT2D eigenvalue weighted by Crippen LogP contribution is -2.31.